The number of rotatable bonds is 3. The van der Waals surface area contributed by atoms with E-state index in [1.165, 1.54) is 16.5 Å². The zero-order valence-electron chi connectivity index (χ0n) is 11.4. The Morgan fingerprint density at radius 1 is 1.17 bits per heavy atom. The number of fused-ring (bicyclic) bond motifs is 1. The number of halogens is 1. The van der Waals surface area contributed by atoms with E-state index in [0.29, 0.717) is 18.4 Å². The highest BCUT2D eigenvalue weighted by molar-refractivity contribution is 9.10. The largest absolute Gasteiger partial charge is 0.459 e. The number of hydrogen-bond acceptors (Lipinski definition) is 2. The van der Waals surface area contributed by atoms with Crippen LogP contribution in [0.2, 0.25) is 0 Å². The van der Waals surface area contributed by atoms with E-state index in [0.717, 1.165) is 15.8 Å². The van der Waals surface area contributed by atoms with E-state index in [4.69, 9.17) is 10.2 Å². The minimum absolute atomic E-state index is 0.416. The Morgan fingerprint density at radius 2 is 1.83 bits per heavy atom. The van der Waals surface area contributed by atoms with Gasteiger partial charge in [-0.05, 0) is 29.5 Å². The third kappa shape index (κ3) is 2.21. The van der Waals surface area contributed by atoms with E-state index in [-0.39, 0.29) is 0 Å². The maximum Gasteiger partial charge on any atom is 0.138 e. The molecule has 0 aliphatic rings. The summed E-state index contributed by atoms with van der Waals surface area (Å²) in [5, 5.41) is 1.20. The lowest BCUT2D eigenvalue weighted by atomic mass is 9.95. The van der Waals surface area contributed by atoms with Gasteiger partial charge in [0.25, 0.3) is 0 Å². The maximum atomic E-state index is 6.01. The first-order valence-electron chi connectivity index (χ1n) is 6.40. The summed E-state index contributed by atoms with van der Waals surface area (Å²) in [5.74, 6) is 1.76. The second-order valence-corrected chi connectivity index (χ2v) is 6.24. The normalized spacial score (nSPS) is 12.0. The Hall–Kier alpha value is -0.800. The average Bonchev–Trinajstić information content (AvgIpc) is 2.65. The van der Waals surface area contributed by atoms with Gasteiger partial charge < -0.3 is 10.2 Å². The van der Waals surface area contributed by atoms with Gasteiger partial charge in [-0.25, -0.2) is 0 Å². The standard InChI is InChI=1S/C15H20BrNO/c1-8(2)11-5-10(16)6-12-14(9(3)4)13(7-17)18-15(11)12/h5-6,8-9H,7,17H2,1-4H3. The van der Waals surface area contributed by atoms with Crippen molar-refractivity contribution in [2.75, 3.05) is 0 Å². The summed E-state index contributed by atoms with van der Waals surface area (Å²) >= 11 is 3.59. The van der Waals surface area contributed by atoms with Gasteiger partial charge in [0, 0.05) is 15.4 Å². The minimum atomic E-state index is 0.416. The molecule has 2 rings (SSSR count). The van der Waals surface area contributed by atoms with E-state index in [1.54, 1.807) is 0 Å². The quantitative estimate of drug-likeness (QED) is 0.875. The number of furan rings is 1. The van der Waals surface area contributed by atoms with Crippen LogP contribution in [0, 0.1) is 0 Å². The summed E-state index contributed by atoms with van der Waals surface area (Å²) in [5.41, 5.74) is 9.29. The molecule has 98 valence electrons. The number of hydrogen-bond donors (Lipinski definition) is 1. The summed E-state index contributed by atoms with van der Waals surface area (Å²) in [6, 6.07) is 4.28. The lowest BCUT2D eigenvalue weighted by Crippen LogP contribution is -1.99. The molecule has 3 heteroatoms. The van der Waals surface area contributed by atoms with Crippen molar-refractivity contribution in [1.29, 1.82) is 0 Å². The predicted molar refractivity (Wildman–Crippen MR) is 80.0 cm³/mol. The van der Waals surface area contributed by atoms with Gasteiger partial charge in [0.15, 0.2) is 0 Å². The van der Waals surface area contributed by atoms with Crippen LogP contribution in [-0.4, -0.2) is 0 Å². The van der Waals surface area contributed by atoms with Gasteiger partial charge in [-0.15, -0.1) is 0 Å². The summed E-state index contributed by atoms with van der Waals surface area (Å²) < 4.78 is 7.11. The van der Waals surface area contributed by atoms with Crippen LogP contribution in [0.5, 0.6) is 0 Å². The van der Waals surface area contributed by atoms with E-state index in [1.807, 2.05) is 0 Å². The molecule has 0 spiro atoms. The maximum absolute atomic E-state index is 6.01. The molecule has 0 amide bonds. The molecule has 0 saturated carbocycles. The highest BCUT2D eigenvalue weighted by atomic mass is 79.9. The highest BCUT2D eigenvalue weighted by Gasteiger charge is 2.19. The fraction of sp³-hybridized carbons (Fsp3) is 0.467. The van der Waals surface area contributed by atoms with Gasteiger partial charge >= 0.3 is 0 Å². The lowest BCUT2D eigenvalue weighted by Gasteiger charge is -2.08. The molecule has 0 fully saturated rings. The molecule has 1 aromatic heterocycles. The zero-order chi connectivity index (χ0) is 13.4. The molecule has 1 aromatic carbocycles. The summed E-state index contributed by atoms with van der Waals surface area (Å²) in [4.78, 5) is 0. The average molecular weight is 310 g/mol. The predicted octanol–water partition coefficient (Wildman–Crippen LogP) is 4.90. The Balaban J connectivity index is 2.84. The van der Waals surface area contributed by atoms with E-state index in [2.05, 4.69) is 55.8 Å². The Kier molecular flexibility index (Phi) is 3.83. The molecule has 0 aliphatic carbocycles. The summed E-state index contributed by atoms with van der Waals surface area (Å²) in [7, 11) is 0. The fourth-order valence-electron chi connectivity index (χ4n) is 2.47. The molecule has 1 heterocycles. The van der Waals surface area contributed by atoms with Crippen molar-refractivity contribution < 1.29 is 4.42 Å². The molecule has 0 saturated heterocycles. The molecular weight excluding hydrogens is 290 g/mol. The van der Waals surface area contributed by atoms with Crippen molar-refractivity contribution in [3.05, 3.63) is 33.5 Å². The second kappa shape index (κ2) is 5.06. The van der Waals surface area contributed by atoms with Gasteiger partial charge in [-0.1, -0.05) is 43.6 Å². The van der Waals surface area contributed by atoms with E-state index in [9.17, 15) is 0 Å². The Bertz CT molecular complexity index is 569. The van der Waals surface area contributed by atoms with Gasteiger partial charge in [-0.3, -0.25) is 0 Å². The topological polar surface area (TPSA) is 39.2 Å². The molecule has 2 N–H and O–H groups in total. The van der Waals surface area contributed by atoms with Crippen LogP contribution in [0.25, 0.3) is 11.0 Å². The van der Waals surface area contributed by atoms with Gasteiger partial charge in [0.05, 0.1) is 6.54 Å². The van der Waals surface area contributed by atoms with Crippen LogP contribution in [0.4, 0.5) is 0 Å². The van der Waals surface area contributed by atoms with Crippen molar-refractivity contribution in [3.63, 3.8) is 0 Å². The molecular formula is C15H20BrNO. The summed E-state index contributed by atoms with van der Waals surface area (Å²) in [6.07, 6.45) is 0. The van der Waals surface area contributed by atoms with Crippen LogP contribution in [0.15, 0.2) is 21.0 Å². The van der Waals surface area contributed by atoms with Crippen molar-refractivity contribution in [2.24, 2.45) is 5.73 Å². The molecule has 0 aliphatic heterocycles. The second-order valence-electron chi connectivity index (χ2n) is 5.32. The van der Waals surface area contributed by atoms with Crippen molar-refractivity contribution >= 4 is 26.9 Å². The first-order chi connectivity index (χ1) is 8.45. The zero-order valence-corrected chi connectivity index (χ0v) is 13.0. The molecule has 0 unspecified atom stereocenters. The van der Waals surface area contributed by atoms with Crippen LogP contribution < -0.4 is 5.73 Å². The van der Waals surface area contributed by atoms with E-state index >= 15 is 0 Å². The van der Waals surface area contributed by atoms with Crippen molar-refractivity contribution in [3.8, 4) is 0 Å². The van der Waals surface area contributed by atoms with Crippen LogP contribution in [0.1, 0.15) is 56.4 Å². The van der Waals surface area contributed by atoms with E-state index < -0.39 is 0 Å². The first kappa shape index (κ1) is 13.6. The SMILES string of the molecule is CC(C)c1c(CN)oc2c(C(C)C)cc(Br)cc12. The van der Waals surface area contributed by atoms with Crippen molar-refractivity contribution in [2.45, 2.75) is 46.1 Å². The van der Waals surface area contributed by atoms with Crippen LogP contribution in [0.3, 0.4) is 0 Å². The minimum Gasteiger partial charge on any atom is -0.459 e. The Labute approximate surface area is 117 Å². The fourth-order valence-corrected chi connectivity index (χ4v) is 2.95. The molecule has 0 atom stereocenters. The number of benzene rings is 1. The highest BCUT2D eigenvalue weighted by Crippen LogP contribution is 2.37. The van der Waals surface area contributed by atoms with Crippen LogP contribution in [-0.2, 0) is 6.54 Å². The first-order valence-corrected chi connectivity index (χ1v) is 7.19. The third-order valence-corrected chi connectivity index (χ3v) is 3.74. The van der Waals surface area contributed by atoms with Gasteiger partial charge in [-0.2, -0.15) is 0 Å². The molecule has 0 radical (unpaired) electrons. The molecule has 2 nitrogen and oxygen atoms in total. The summed E-state index contributed by atoms with van der Waals surface area (Å²) in [6.45, 7) is 9.18. The van der Waals surface area contributed by atoms with Crippen LogP contribution >= 0.6 is 15.9 Å². The van der Waals surface area contributed by atoms with Gasteiger partial charge in [0.2, 0.25) is 0 Å². The monoisotopic (exact) mass is 309 g/mol. The van der Waals surface area contributed by atoms with Crippen molar-refractivity contribution in [1.82, 2.24) is 0 Å². The molecule has 18 heavy (non-hydrogen) atoms. The third-order valence-electron chi connectivity index (χ3n) is 3.28. The Morgan fingerprint density at radius 3 is 2.33 bits per heavy atom. The lowest BCUT2D eigenvalue weighted by molar-refractivity contribution is 0.536. The molecule has 2 aromatic rings. The van der Waals surface area contributed by atoms with Gasteiger partial charge in [0.1, 0.15) is 11.3 Å². The molecule has 0 bridgehead atoms. The smallest absolute Gasteiger partial charge is 0.138 e. The number of nitrogens with two attached hydrogens (primary N) is 1.